The van der Waals surface area contributed by atoms with Crippen LogP contribution in [0.1, 0.15) is 10.6 Å². The van der Waals surface area contributed by atoms with Gasteiger partial charge in [0.15, 0.2) is 0 Å². The Bertz CT molecular complexity index is 724. The van der Waals surface area contributed by atoms with Crippen LogP contribution in [0, 0.1) is 6.92 Å². The Morgan fingerprint density at radius 2 is 2.21 bits per heavy atom. The third-order valence-corrected chi connectivity index (χ3v) is 4.11. The van der Waals surface area contributed by atoms with Gasteiger partial charge in [-0.2, -0.15) is 0 Å². The molecule has 3 nitrogen and oxygen atoms in total. The highest BCUT2D eigenvalue weighted by atomic mass is 35.5. The van der Waals surface area contributed by atoms with E-state index in [2.05, 4.69) is 15.3 Å². The Balaban J connectivity index is 1.94. The molecular formula is C14H12ClN3S. The maximum absolute atomic E-state index is 6.14. The minimum atomic E-state index is 0.712. The van der Waals surface area contributed by atoms with E-state index in [1.807, 2.05) is 36.7 Å². The van der Waals surface area contributed by atoms with Gasteiger partial charge in [-0.1, -0.05) is 17.7 Å². The third-order valence-electron chi connectivity index (χ3n) is 2.95. The molecule has 96 valence electrons. The summed E-state index contributed by atoms with van der Waals surface area (Å²) in [5.41, 5.74) is 4.82. The van der Waals surface area contributed by atoms with Crippen molar-refractivity contribution >= 4 is 39.5 Å². The summed E-state index contributed by atoms with van der Waals surface area (Å²) < 4.78 is 0. The van der Waals surface area contributed by atoms with Crippen LogP contribution in [0.25, 0.3) is 10.9 Å². The standard InChI is InChI=1S/C14H12ClN3S/c1-9-13(19-8-18-9)7-17-12-6-11(15)5-10-3-2-4-16-14(10)12/h2-6,8,17H,7H2,1H3. The second-order valence-corrected chi connectivity index (χ2v) is 5.62. The molecule has 0 fully saturated rings. The van der Waals surface area contributed by atoms with Crippen molar-refractivity contribution in [3.05, 3.63) is 51.6 Å². The number of nitrogens with zero attached hydrogens (tertiary/aromatic N) is 2. The van der Waals surface area contributed by atoms with Gasteiger partial charge in [0.05, 0.1) is 29.0 Å². The van der Waals surface area contributed by atoms with Gasteiger partial charge >= 0.3 is 0 Å². The van der Waals surface area contributed by atoms with Crippen LogP contribution < -0.4 is 5.32 Å². The molecule has 0 spiro atoms. The molecule has 0 bridgehead atoms. The largest absolute Gasteiger partial charge is 0.378 e. The molecule has 0 atom stereocenters. The smallest absolute Gasteiger partial charge is 0.0934 e. The number of benzene rings is 1. The van der Waals surface area contributed by atoms with Crippen molar-refractivity contribution in [2.45, 2.75) is 13.5 Å². The average Bonchev–Trinajstić information content (AvgIpc) is 2.81. The molecule has 2 heterocycles. The Labute approximate surface area is 120 Å². The Kier molecular flexibility index (Phi) is 3.36. The third kappa shape index (κ3) is 2.55. The monoisotopic (exact) mass is 289 g/mol. The van der Waals surface area contributed by atoms with E-state index in [0.717, 1.165) is 28.8 Å². The number of rotatable bonds is 3. The summed E-state index contributed by atoms with van der Waals surface area (Å²) in [7, 11) is 0. The number of pyridine rings is 1. The lowest BCUT2D eigenvalue weighted by Gasteiger charge is -2.09. The lowest BCUT2D eigenvalue weighted by molar-refractivity contribution is 1.12. The van der Waals surface area contributed by atoms with Crippen molar-refractivity contribution < 1.29 is 0 Å². The molecule has 2 aromatic heterocycles. The van der Waals surface area contributed by atoms with Crippen LogP contribution in [0.3, 0.4) is 0 Å². The van der Waals surface area contributed by atoms with Gasteiger partial charge in [-0.15, -0.1) is 11.3 Å². The lowest BCUT2D eigenvalue weighted by Crippen LogP contribution is -2.00. The number of nitrogens with one attached hydrogen (secondary N) is 1. The van der Waals surface area contributed by atoms with Gasteiger partial charge in [0.1, 0.15) is 0 Å². The summed E-state index contributed by atoms with van der Waals surface area (Å²) in [5, 5.41) is 5.15. The van der Waals surface area contributed by atoms with E-state index in [1.165, 1.54) is 4.88 Å². The molecule has 1 aromatic carbocycles. The first kappa shape index (κ1) is 12.4. The highest BCUT2D eigenvalue weighted by Crippen LogP contribution is 2.27. The van der Waals surface area contributed by atoms with Crippen LogP contribution in [0.5, 0.6) is 0 Å². The van der Waals surface area contributed by atoms with Crippen molar-refractivity contribution in [3.8, 4) is 0 Å². The zero-order valence-electron chi connectivity index (χ0n) is 10.4. The van der Waals surface area contributed by atoms with Gasteiger partial charge in [-0.05, 0) is 25.1 Å². The van der Waals surface area contributed by atoms with E-state index in [1.54, 1.807) is 17.5 Å². The summed E-state index contributed by atoms with van der Waals surface area (Å²) in [6, 6.07) is 7.76. The minimum Gasteiger partial charge on any atom is -0.378 e. The first-order valence-electron chi connectivity index (χ1n) is 5.91. The van der Waals surface area contributed by atoms with Gasteiger partial charge in [-0.3, -0.25) is 4.98 Å². The summed E-state index contributed by atoms with van der Waals surface area (Å²) in [6.07, 6.45) is 1.79. The number of halogens is 1. The fourth-order valence-corrected chi connectivity index (χ4v) is 2.91. The van der Waals surface area contributed by atoms with E-state index in [-0.39, 0.29) is 0 Å². The van der Waals surface area contributed by atoms with Gasteiger partial charge < -0.3 is 5.32 Å². The maximum Gasteiger partial charge on any atom is 0.0934 e. The van der Waals surface area contributed by atoms with Crippen molar-refractivity contribution in [1.29, 1.82) is 0 Å². The molecule has 1 N–H and O–H groups in total. The van der Waals surface area contributed by atoms with Crippen molar-refractivity contribution in [2.24, 2.45) is 0 Å². The summed E-state index contributed by atoms with van der Waals surface area (Å²) in [5.74, 6) is 0. The topological polar surface area (TPSA) is 37.8 Å². The molecule has 0 saturated heterocycles. The number of fused-ring (bicyclic) bond motifs is 1. The summed E-state index contributed by atoms with van der Waals surface area (Å²) >= 11 is 7.79. The molecule has 0 unspecified atom stereocenters. The molecule has 0 amide bonds. The van der Waals surface area contributed by atoms with Crippen LogP contribution in [0.15, 0.2) is 36.0 Å². The summed E-state index contributed by atoms with van der Waals surface area (Å²) in [4.78, 5) is 9.88. The number of aromatic nitrogens is 2. The molecule has 0 aliphatic rings. The van der Waals surface area contributed by atoms with Gasteiger partial charge in [0, 0.05) is 21.5 Å². The number of aryl methyl sites for hydroxylation is 1. The number of anilines is 1. The average molecular weight is 290 g/mol. The summed E-state index contributed by atoms with van der Waals surface area (Å²) in [6.45, 7) is 2.75. The fraction of sp³-hybridized carbons (Fsp3) is 0.143. The number of thiazole rings is 1. The predicted molar refractivity (Wildman–Crippen MR) is 80.9 cm³/mol. The van der Waals surface area contributed by atoms with Crippen molar-refractivity contribution in [2.75, 3.05) is 5.32 Å². The molecule has 5 heteroatoms. The molecule has 0 aliphatic carbocycles. The zero-order valence-corrected chi connectivity index (χ0v) is 11.9. The van der Waals surface area contributed by atoms with Crippen molar-refractivity contribution in [3.63, 3.8) is 0 Å². The van der Waals surface area contributed by atoms with Crippen LogP contribution in [0.4, 0.5) is 5.69 Å². The van der Waals surface area contributed by atoms with E-state index >= 15 is 0 Å². The van der Waals surface area contributed by atoms with E-state index in [0.29, 0.717) is 5.02 Å². The Hall–Kier alpha value is -1.65. The van der Waals surface area contributed by atoms with Crippen LogP contribution >= 0.6 is 22.9 Å². The molecule has 0 aliphatic heterocycles. The SMILES string of the molecule is Cc1ncsc1CNc1cc(Cl)cc2cccnc12. The second-order valence-electron chi connectivity index (χ2n) is 4.24. The van der Waals surface area contributed by atoms with E-state index < -0.39 is 0 Å². The minimum absolute atomic E-state index is 0.712. The Morgan fingerprint density at radius 1 is 1.32 bits per heavy atom. The van der Waals surface area contributed by atoms with Gasteiger partial charge in [0.25, 0.3) is 0 Å². The highest BCUT2D eigenvalue weighted by Gasteiger charge is 2.06. The van der Waals surface area contributed by atoms with Gasteiger partial charge in [0.2, 0.25) is 0 Å². The van der Waals surface area contributed by atoms with E-state index in [9.17, 15) is 0 Å². The normalized spacial score (nSPS) is 10.8. The van der Waals surface area contributed by atoms with Crippen LogP contribution in [-0.2, 0) is 6.54 Å². The van der Waals surface area contributed by atoms with Crippen LogP contribution in [-0.4, -0.2) is 9.97 Å². The number of hydrogen-bond donors (Lipinski definition) is 1. The Morgan fingerprint density at radius 3 is 3.00 bits per heavy atom. The second kappa shape index (κ2) is 5.15. The molecular weight excluding hydrogens is 278 g/mol. The molecule has 3 aromatic rings. The molecule has 3 rings (SSSR count). The van der Waals surface area contributed by atoms with Gasteiger partial charge in [-0.25, -0.2) is 4.98 Å². The lowest BCUT2D eigenvalue weighted by atomic mass is 10.2. The zero-order chi connectivity index (χ0) is 13.2. The number of hydrogen-bond acceptors (Lipinski definition) is 4. The highest BCUT2D eigenvalue weighted by molar-refractivity contribution is 7.09. The van der Waals surface area contributed by atoms with E-state index in [4.69, 9.17) is 11.6 Å². The molecule has 19 heavy (non-hydrogen) atoms. The van der Waals surface area contributed by atoms with Crippen LogP contribution in [0.2, 0.25) is 5.02 Å². The first-order chi connectivity index (χ1) is 9.24. The first-order valence-corrected chi connectivity index (χ1v) is 7.17. The fourth-order valence-electron chi connectivity index (χ4n) is 1.96. The maximum atomic E-state index is 6.14. The van der Waals surface area contributed by atoms with Crippen molar-refractivity contribution in [1.82, 2.24) is 9.97 Å². The quantitative estimate of drug-likeness (QED) is 0.782. The predicted octanol–water partition coefficient (Wildman–Crippen LogP) is 4.27. The molecule has 0 saturated carbocycles. The molecule has 0 radical (unpaired) electrons.